The lowest BCUT2D eigenvalue weighted by atomic mass is 10.1. The van der Waals surface area contributed by atoms with Gasteiger partial charge in [0.15, 0.2) is 0 Å². The molecule has 5 nitrogen and oxygen atoms in total. The Kier molecular flexibility index (Phi) is 10.6. The molecule has 2 rings (SSSR count). The number of halogens is 2. The number of carbonyl (C=O) groups is 1. The van der Waals surface area contributed by atoms with Crippen LogP contribution in [0.4, 0.5) is 0 Å². The van der Waals surface area contributed by atoms with E-state index in [4.69, 9.17) is 4.74 Å². The molecular formula is C14H29Cl2N3O2. The van der Waals surface area contributed by atoms with Gasteiger partial charge in [-0.05, 0) is 24.8 Å². The van der Waals surface area contributed by atoms with E-state index in [-0.39, 0.29) is 36.8 Å². The maximum atomic E-state index is 11.9. The van der Waals surface area contributed by atoms with Crippen LogP contribution in [0.5, 0.6) is 0 Å². The van der Waals surface area contributed by atoms with Crippen molar-refractivity contribution in [3.63, 3.8) is 0 Å². The van der Waals surface area contributed by atoms with Crippen LogP contribution >= 0.6 is 24.8 Å². The van der Waals surface area contributed by atoms with Crippen molar-refractivity contribution in [3.8, 4) is 0 Å². The number of carbonyl (C=O) groups excluding carboxylic acids is 1. The Morgan fingerprint density at radius 2 is 2.19 bits per heavy atom. The summed E-state index contributed by atoms with van der Waals surface area (Å²) in [6, 6.07) is 0. The number of likely N-dealkylation sites (tertiary alicyclic amines) is 1. The maximum Gasteiger partial charge on any atom is 0.250 e. The molecule has 21 heavy (non-hydrogen) atoms. The second-order valence-corrected chi connectivity index (χ2v) is 6.12. The summed E-state index contributed by atoms with van der Waals surface area (Å²) < 4.78 is 5.44. The van der Waals surface area contributed by atoms with Crippen LogP contribution in [0.1, 0.15) is 20.3 Å². The van der Waals surface area contributed by atoms with Gasteiger partial charge in [0.25, 0.3) is 0 Å². The summed E-state index contributed by atoms with van der Waals surface area (Å²) in [4.78, 5) is 14.4. The average molecular weight is 342 g/mol. The summed E-state index contributed by atoms with van der Waals surface area (Å²) in [6.07, 6.45) is 0.887. The topological polar surface area (TPSA) is 53.6 Å². The van der Waals surface area contributed by atoms with Crippen molar-refractivity contribution in [2.24, 2.45) is 11.8 Å². The van der Waals surface area contributed by atoms with E-state index in [1.807, 2.05) is 0 Å². The van der Waals surface area contributed by atoms with Crippen LogP contribution in [0.3, 0.4) is 0 Å². The second-order valence-electron chi connectivity index (χ2n) is 6.12. The lowest BCUT2D eigenvalue weighted by molar-refractivity contribution is -0.134. The third kappa shape index (κ3) is 7.15. The molecule has 2 aliphatic rings. The molecule has 2 N–H and O–H groups in total. The van der Waals surface area contributed by atoms with Crippen LogP contribution in [-0.2, 0) is 9.53 Å². The average Bonchev–Trinajstić information content (AvgIpc) is 2.84. The molecular weight excluding hydrogens is 313 g/mol. The van der Waals surface area contributed by atoms with Gasteiger partial charge in [-0.3, -0.25) is 4.79 Å². The van der Waals surface area contributed by atoms with Gasteiger partial charge in [-0.25, -0.2) is 0 Å². The first kappa shape index (κ1) is 20.9. The van der Waals surface area contributed by atoms with Crippen LogP contribution in [0.15, 0.2) is 0 Å². The Morgan fingerprint density at radius 1 is 1.43 bits per heavy atom. The normalized spacial score (nSPS) is 26.0. The van der Waals surface area contributed by atoms with Gasteiger partial charge in [0.05, 0.1) is 6.61 Å². The van der Waals surface area contributed by atoms with E-state index < -0.39 is 0 Å². The highest BCUT2D eigenvalue weighted by Crippen LogP contribution is 2.16. The van der Waals surface area contributed by atoms with Crippen molar-refractivity contribution in [2.75, 3.05) is 45.9 Å². The van der Waals surface area contributed by atoms with Crippen LogP contribution < -0.4 is 10.6 Å². The smallest absolute Gasteiger partial charge is 0.250 e. The first-order valence-corrected chi connectivity index (χ1v) is 7.47. The number of hydrogen-bond acceptors (Lipinski definition) is 4. The third-order valence-electron chi connectivity index (χ3n) is 3.78. The lowest BCUT2D eigenvalue weighted by Crippen LogP contribution is -2.48. The molecule has 2 unspecified atom stereocenters. The molecule has 0 aromatic rings. The predicted octanol–water partition coefficient (Wildman–Crippen LogP) is 0.912. The van der Waals surface area contributed by atoms with Gasteiger partial charge in [-0.2, -0.15) is 0 Å². The van der Waals surface area contributed by atoms with Gasteiger partial charge < -0.3 is 20.3 Å². The van der Waals surface area contributed by atoms with Gasteiger partial charge in [0.1, 0.15) is 6.10 Å². The zero-order valence-corrected chi connectivity index (χ0v) is 14.6. The molecule has 2 atom stereocenters. The quantitative estimate of drug-likeness (QED) is 0.780. The molecule has 0 radical (unpaired) electrons. The first-order chi connectivity index (χ1) is 9.15. The second kappa shape index (κ2) is 10.6. The Morgan fingerprint density at radius 3 is 2.81 bits per heavy atom. The summed E-state index contributed by atoms with van der Waals surface area (Å²) in [5.41, 5.74) is 0. The number of nitrogens with one attached hydrogen (secondary N) is 2. The van der Waals surface area contributed by atoms with Crippen LogP contribution in [0, 0.1) is 11.8 Å². The fourth-order valence-corrected chi connectivity index (χ4v) is 2.85. The molecule has 126 valence electrons. The largest absolute Gasteiger partial charge is 0.366 e. The summed E-state index contributed by atoms with van der Waals surface area (Å²) in [5.74, 6) is 1.35. The van der Waals surface area contributed by atoms with Gasteiger partial charge in [-0.15, -0.1) is 24.8 Å². The minimum atomic E-state index is -0.304. The molecule has 2 aliphatic heterocycles. The highest BCUT2D eigenvalue weighted by atomic mass is 35.5. The zero-order chi connectivity index (χ0) is 13.7. The molecule has 0 saturated carbocycles. The minimum absolute atomic E-state index is 0. The first-order valence-electron chi connectivity index (χ1n) is 7.47. The fraction of sp³-hybridized carbons (Fsp3) is 0.929. The molecule has 0 aromatic heterocycles. The molecule has 0 aromatic carbocycles. The van der Waals surface area contributed by atoms with E-state index >= 15 is 0 Å². The van der Waals surface area contributed by atoms with Crippen molar-refractivity contribution < 1.29 is 9.53 Å². The summed E-state index contributed by atoms with van der Waals surface area (Å²) in [7, 11) is 0. The zero-order valence-electron chi connectivity index (χ0n) is 13.0. The third-order valence-corrected chi connectivity index (χ3v) is 3.78. The summed E-state index contributed by atoms with van der Waals surface area (Å²) >= 11 is 0. The SMILES string of the molecule is CC(C)CN1CCC(CNC(=O)C2CNCCO2)C1.Cl.Cl. The number of hydrogen-bond donors (Lipinski definition) is 2. The highest BCUT2D eigenvalue weighted by molar-refractivity contribution is 5.85. The Bertz CT molecular complexity index is 300. The predicted molar refractivity (Wildman–Crippen MR) is 89.5 cm³/mol. The summed E-state index contributed by atoms with van der Waals surface area (Å²) in [6.45, 7) is 10.8. The van der Waals surface area contributed by atoms with E-state index in [1.54, 1.807) is 0 Å². The van der Waals surface area contributed by atoms with Crippen molar-refractivity contribution in [3.05, 3.63) is 0 Å². The van der Waals surface area contributed by atoms with E-state index in [1.165, 1.54) is 19.5 Å². The molecule has 7 heteroatoms. The number of rotatable bonds is 5. The van der Waals surface area contributed by atoms with E-state index in [0.717, 1.165) is 25.6 Å². The molecule has 0 aliphatic carbocycles. The number of amides is 1. The monoisotopic (exact) mass is 341 g/mol. The number of ether oxygens (including phenoxy) is 1. The molecule has 2 heterocycles. The molecule has 2 saturated heterocycles. The minimum Gasteiger partial charge on any atom is -0.366 e. The van der Waals surface area contributed by atoms with E-state index in [2.05, 4.69) is 29.4 Å². The van der Waals surface area contributed by atoms with Crippen molar-refractivity contribution in [1.82, 2.24) is 15.5 Å². The van der Waals surface area contributed by atoms with Gasteiger partial charge in [0.2, 0.25) is 5.91 Å². The van der Waals surface area contributed by atoms with E-state index in [0.29, 0.717) is 19.1 Å². The summed E-state index contributed by atoms with van der Waals surface area (Å²) in [5, 5.41) is 6.22. The number of nitrogens with zero attached hydrogens (tertiary/aromatic N) is 1. The van der Waals surface area contributed by atoms with E-state index in [9.17, 15) is 4.79 Å². The molecule has 2 fully saturated rings. The standard InChI is InChI=1S/C14H27N3O2.2ClH/c1-11(2)9-17-5-3-12(10-17)7-16-14(18)13-8-15-4-6-19-13;;/h11-13,15H,3-10H2,1-2H3,(H,16,18);2*1H. The van der Waals surface area contributed by atoms with Crippen molar-refractivity contribution in [2.45, 2.75) is 26.4 Å². The van der Waals surface area contributed by atoms with Crippen LogP contribution in [-0.4, -0.2) is 62.8 Å². The Balaban J connectivity index is 0.00000200. The fourth-order valence-electron chi connectivity index (χ4n) is 2.85. The highest BCUT2D eigenvalue weighted by Gasteiger charge is 2.25. The van der Waals surface area contributed by atoms with Crippen LogP contribution in [0.25, 0.3) is 0 Å². The Labute approximate surface area is 140 Å². The van der Waals surface area contributed by atoms with Gasteiger partial charge in [0, 0.05) is 32.7 Å². The molecule has 0 bridgehead atoms. The van der Waals surface area contributed by atoms with Crippen molar-refractivity contribution >= 4 is 30.7 Å². The van der Waals surface area contributed by atoms with Gasteiger partial charge >= 0.3 is 0 Å². The maximum absolute atomic E-state index is 11.9. The van der Waals surface area contributed by atoms with Gasteiger partial charge in [-0.1, -0.05) is 13.8 Å². The number of morpholine rings is 1. The molecule has 0 spiro atoms. The Hall–Kier alpha value is -0.0700. The molecule has 1 amide bonds. The lowest BCUT2D eigenvalue weighted by Gasteiger charge is -2.23. The van der Waals surface area contributed by atoms with Crippen LogP contribution in [0.2, 0.25) is 0 Å². The van der Waals surface area contributed by atoms with Crippen molar-refractivity contribution in [1.29, 1.82) is 0 Å².